The molecule has 0 N–H and O–H groups in total. The molecule has 3 rings (SSSR count). The fourth-order valence-corrected chi connectivity index (χ4v) is 7.07. The molecule has 2 fully saturated rings. The van der Waals surface area contributed by atoms with Crippen LogP contribution in [0, 0.1) is 34.0 Å². The van der Waals surface area contributed by atoms with Crippen molar-refractivity contribution in [3.63, 3.8) is 0 Å². The highest BCUT2D eigenvalue weighted by Crippen LogP contribution is 2.66. The zero-order chi connectivity index (χ0) is 22.3. The van der Waals surface area contributed by atoms with Gasteiger partial charge < -0.3 is 19.0 Å². The summed E-state index contributed by atoms with van der Waals surface area (Å²) in [5.41, 5.74) is 0.353. The van der Waals surface area contributed by atoms with Crippen molar-refractivity contribution in [2.45, 2.75) is 79.9 Å². The molecule has 3 aliphatic rings. The first-order valence-electron chi connectivity index (χ1n) is 11.1. The first-order chi connectivity index (χ1) is 14.0. The van der Waals surface area contributed by atoms with Crippen molar-refractivity contribution in [1.82, 2.24) is 0 Å². The molecule has 6 atom stereocenters. The molecule has 0 saturated heterocycles. The van der Waals surface area contributed by atoms with Gasteiger partial charge in [-0.2, -0.15) is 0 Å². The topological polar surface area (TPSA) is 78.9 Å². The fraction of sp³-hybridized carbons (Fsp3) is 0.792. The van der Waals surface area contributed by atoms with E-state index in [1.165, 1.54) is 20.3 Å². The number of carbonyl (C=O) groups excluding carboxylic acids is 3. The molecule has 1 aliphatic heterocycles. The molecule has 0 aromatic carbocycles. The first-order valence-corrected chi connectivity index (χ1v) is 11.1. The predicted octanol–water partition coefficient (Wildman–Crippen LogP) is 4.42. The van der Waals surface area contributed by atoms with Crippen molar-refractivity contribution in [2.75, 3.05) is 6.61 Å². The number of carbonyl (C=O) groups is 3. The summed E-state index contributed by atoms with van der Waals surface area (Å²) in [5.74, 6) is -0.908. The van der Waals surface area contributed by atoms with E-state index < -0.39 is 17.7 Å². The monoisotopic (exact) mass is 420 g/mol. The number of fused-ring (bicyclic) bond motifs is 1. The van der Waals surface area contributed by atoms with Crippen LogP contribution in [0.5, 0.6) is 0 Å². The number of ether oxygens (including phenoxy) is 3. The Hall–Kier alpha value is -1.85. The minimum Gasteiger partial charge on any atom is -0.462 e. The molecule has 168 valence electrons. The first kappa shape index (κ1) is 22.8. The van der Waals surface area contributed by atoms with Crippen LogP contribution in [0.4, 0.5) is 0 Å². The normalized spacial score (nSPS) is 39.9. The summed E-state index contributed by atoms with van der Waals surface area (Å²) in [6, 6.07) is 0. The van der Waals surface area contributed by atoms with Crippen LogP contribution in [0.15, 0.2) is 11.8 Å². The third-order valence-corrected chi connectivity index (χ3v) is 8.26. The summed E-state index contributed by atoms with van der Waals surface area (Å²) < 4.78 is 16.5. The molecule has 2 saturated carbocycles. The Morgan fingerprint density at radius 3 is 2.40 bits per heavy atom. The molecule has 0 aromatic heterocycles. The van der Waals surface area contributed by atoms with Gasteiger partial charge in [0.25, 0.3) is 6.29 Å². The maximum Gasteiger partial charge on any atom is 0.305 e. The lowest BCUT2D eigenvalue weighted by Crippen LogP contribution is -2.58. The van der Waals surface area contributed by atoms with E-state index in [9.17, 15) is 14.4 Å². The molecule has 6 nitrogen and oxygen atoms in total. The molecule has 2 aliphatic carbocycles. The average molecular weight is 421 g/mol. The van der Waals surface area contributed by atoms with Gasteiger partial charge in [0, 0.05) is 25.3 Å². The van der Waals surface area contributed by atoms with Crippen molar-refractivity contribution in [2.24, 2.45) is 34.0 Å². The maximum atomic E-state index is 12.7. The van der Waals surface area contributed by atoms with E-state index >= 15 is 0 Å². The van der Waals surface area contributed by atoms with Crippen LogP contribution in [-0.4, -0.2) is 31.1 Å². The van der Waals surface area contributed by atoms with Crippen LogP contribution in [0.25, 0.3) is 0 Å². The number of aldehydes is 1. The zero-order valence-electron chi connectivity index (χ0n) is 19.2. The number of esters is 2. The van der Waals surface area contributed by atoms with E-state index in [4.69, 9.17) is 14.2 Å². The molecule has 0 aromatic rings. The molecule has 6 heteroatoms. The summed E-state index contributed by atoms with van der Waals surface area (Å²) in [6.45, 7) is 11.8. The molecule has 0 amide bonds. The quantitative estimate of drug-likeness (QED) is 0.484. The lowest BCUT2D eigenvalue weighted by molar-refractivity contribution is -0.195. The highest BCUT2D eigenvalue weighted by atomic mass is 16.7. The minimum absolute atomic E-state index is 0.0740. The van der Waals surface area contributed by atoms with Crippen LogP contribution in [-0.2, 0) is 28.6 Å². The van der Waals surface area contributed by atoms with E-state index in [1.54, 1.807) is 6.26 Å². The summed E-state index contributed by atoms with van der Waals surface area (Å²) in [4.78, 5) is 35.8. The van der Waals surface area contributed by atoms with Gasteiger partial charge in [-0.1, -0.05) is 34.1 Å². The second-order valence-electron chi connectivity index (χ2n) is 10.6. The van der Waals surface area contributed by atoms with E-state index in [0.29, 0.717) is 5.92 Å². The number of hydrogen-bond donors (Lipinski definition) is 0. The van der Waals surface area contributed by atoms with Gasteiger partial charge in [-0.25, -0.2) is 0 Å². The third kappa shape index (κ3) is 3.78. The van der Waals surface area contributed by atoms with Gasteiger partial charge in [0.1, 0.15) is 12.9 Å². The van der Waals surface area contributed by atoms with Gasteiger partial charge in [-0.15, -0.1) is 0 Å². The standard InChI is InChI=1S/C24H36O6/c1-15(26)28-13-17-14-29-21(30-16(2)27)20(17)24(6)11-8-18-22(3,4)9-7-10-23(18,5)19(24)12-25/h12,14,18-21H,7-11,13H2,1-6H3/t18-,19+,20-,21+,23-,24+/m0/s1. The largest absolute Gasteiger partial charge is 0.462 e. The van der Waals surface area contributed by atoms with Crippen molar-refractivity contribution < 1.29 is 28.6 Å². The van der Waals surface area contributed by atoms with Crippen LogP contribution in [0.2, 0.25) is 0 Å². The molecule has 30 heavy (non-hydrogen) atoms. The third-order valence-electron chi connectivity index (χ3n) is 8.26. The lowest BCUT2D eigenvalue weighted by Gasteiger charge is -2.62. The minimum atomic E-state index is -0.808. The SMILES string of the molecule is CC(=O)OCC1=CO[C@H](OC(C)=O)[C@H]1[C@]1(C)CC[C@H]2C(C)(C)CCC[C@]2(C)[C@H]1C=O. The molecule has 0 bridgehead atoms. The van der Waals surface area contributed by atoms with Gasteiger partial charge in [-0.05, 0) is 47.8 Å². The second-order valence-corrected chi connectivity index (χ2v) is 10.6. The fourth-order valence-electron chi connectivity index (χ4n) is 7.07. The molecule has 1 heterocycles. The number of hydrogen-bond acceptors (Lipinski definition) is 6. The average Bonchev–Trinajstić information content (AvgIpc) is 3.01. The van der Waals surface area contributed by atoms with Gasteiger partial charge in [0.15, 0.2) is 0 Å². The van der Waals surface area contributed by atoms with E-state index in [2.05, 4.69) is 27.7 Å². The summed E-state index contributed by atoms with van der Waals surface area (Å²) in [5, 5.41) is 0. The highest BCUT2D eigenvalue weighted by molar-refractivity contribution is 5.67. The molecule has 0 spiro atoms. The smallest absolute Gasteiger partial charge is 0.305 e. The van der Waals surface area contributed by atoms with Crippen molar-refractivity contribution >= 4 is 18.2 Å². The van der Waals surface area contributed by atoms with Crippen LogP contribution < -0.4 is 0 Å². The Kier molecular flexibility index (Phi) is 6.09. The second kappa shape index (κ2) is 8.01. The van der Waals surface area contributed by atoms with Crippen molar-refractivity contribution in [3.05, 3.63) is 11.8 Å². The lowest BCUT2D eigenvalue weighted by atomic mass is 9.41. The van der Waals surface area contributed by atoms with Crippen LogP contribution in [0.3, 0.4) is 0 Å². The van der Waals surface area contributed by atoms with Gasteiger partial charge in [0.05, 0.1) is 12.2 Å². The highest BCUT2D eigenvalue weighted by Gasteiger charge is 2.63. The van der Waals surface area contributed by atoms with Gasteiger partial charge >= 0.3 is 11.9 Å². The Labute approximate surface area is 179 Å². The molecular formula is C24H36O6. The van der Waals surface area contributed by atoms with Crippen molar-refractivity contribution in [3.8, 4) is 0 Å². The molecule has 0 unspecified atom stereocenters. The van der Waals surface area contributed by atoms with E-state index in [1.807, 2.05) is 0 Å². The number of rotatable bonds is 5. The Balaban J connectivity index is 2.00. The van der Waals surface area contributed by atoms with E-state index in [-0.39, 0.29) is 35.2 Å². The van der Waals surface area contributed by atoms with Gasteiger partial charge in [-0.3, -0.25) is 9.59 Å². The summed E-state index contributed by atoms with van der Waals surface area (Å²) in [6.07, 6.45) is 6.98. The Morgan fingerprint density at radius 1 is 1.10 bits per heavy atom. The Bertz CT molecular complexity index is 740. The van der Waals surface area contributed by atoms with Crippen LogP contribution >= 0.6 is 0 Å². The molecular weight excluding hydrogens is 384 g/mol. The maximum absolute atomic E-state index is 12.7. The molecule has 0 radical (unpaired) electrons. The van der Waals surface area contributed by atoms with E-state index in [0.717, 1.165) is 37.5 Å². The zero-order valence-corrected chi connectivity index (χ0v) is 19.2. The summed E-state index contributed by atoms with van der Waals surface area (Å²) in [7, 11) is 0. The predicted molar refractivity (Wildman–Crippen MR) is 111 cm³/mol. The van der Waals surface area contributed by atoms with Crippen LogP contribution in [0.1, 0.15) is 73.6 Å². The van der Waals surface area contributed by atoms with Crippen molar-refractivity contribution in [1.29, 1.82) is 0 Å². The van der Waals surface area contributed by atoms with Gasteiger partial charge in [0.2, 0.25) is 0 Å². The Morgan fingerprint density at radius 2 is 1.80 bits per heavy atom. The summed E-state index contributed by atoms with van der Waals surface area (Å²) >= 11 is 0.